The molecule has 0 unspecified atom stereocenters. The Kier molecular flexibility index (Phi) is 3.01. The predicted octanol–water partition coefficient (Wildman–Crippen LogP) is 4.00. The lowest BCUT2D eigenvalue weighted by atomic mass is 9.81. The largest absolute Gasteiger partial charge is 0.299 e. The summed E-state index contributed by atoms with van der Waals surface area (Å²) in [6, 6.07) is 14.6. The topological polar surface area (TPSA) is 17.1 Å². The van der Waals surface area contributed by atoms with E-state index in [4.69, 9.17) is 0 Å². The molecule has 88 valence electrons. The molecule has 1 heteroatoms. The first kappa shape index (κ1) is 11.8. The number of ketones is 1. The average Bonchev–Trinajstić information content (AvgIpc) is 2.29. The van der Waals surface area contributed by atoms with E-state index in [-0.39, 0.29) is 11.2 Å². The van der Waals surface area contributed by atoms with Gasteiger partial charge in [0.2, 0.25) is 0 Å². The molecule has 0 saturated carbocycles. The lowest BCUT2D eigenvalue weighted by molar-refractivity contribution is -0.124. The number of fused-ring (bicyclic) bond motifs is 1. The molecule has 0 fully saturated rings. The van der Waals surface area contributed by atoms with E-state index in [1.807, 2.05) is 26.0 Å². The molecule has 0 N–H and O–H groups in total. The maximum Gasteiger partial charge on any atom is 0.135 e. The molecule has 0 aliphatic heterocycles. The second kappa shape index (κ2) is 4.33. The van der Waals surface area contributed by atoms with Gasteiger partial charge in [-0.15, -0.1) is 0 Å². The van der Waals surface area contributed by atoms with E-state index < -0.39 is 0 Å². The first-order chi connectivity index (χ1) is 8.00. The Morgan fingerprint density at radius 2 is 1.71 bits per heavy atom. The van der Waals surface area contributed by atoms with Crippen LogP contribution in [0.1, 0.15) is 26.3 Å². The molecule has 0 aromatic heterocycles. The van der Waals surface area contributed by atoms with Crippen LogP contribution < -0.4 is 0 Å². The Morgan fingerprint density at radius 1 is 1.06 bits per heavy atom. The number of hydrogen-bond donors (Lipinski definition) is 0. The minimum atomic E-state index is -0.288. The Hall–Kier alpha value is -1.63. The summed E-state index contributed by atoms with van der Waals surface area (Å²) in [6.07, 6.45) is 0.795. The highest BCUT2D eigenvalue weighted by atomic mass is 16.1. The van der Waals surface area contributed by atoms with Crippen molar-refractivity contribution in [2.75, 3.05) is 0 Å². The van der Waals surface area contributed by atoms with Crippen LogP contribution >= 0.6 is 0 Å². The fraction of sp³-hybridized carbons (Fsp3) is 0.312. The van der Waals surface area contributed by atoms with Crippen LogP contribution in [-0.2, 0) is 11.2 Å². The molecule has 0 aliphatic carbocycles. The van der Waals surface area contributed by atoms with Gasteiger partial charge in [-0.25, -0.2) is 0 Å². The third-order valence-corrected chi connectivity index (χ3v) is 3.47. The van der Waals surface area contributed by atoms with E-state index in [2.05, 4.69) is 30.3 Å². The van der Waals surface area contributed by atoms with E-state index in [1.165, 1.54) is 16.3 Å². The van der Waals surface area contributed by atoms with Crippen molar-refractivity contribution in [1.29, 1.82) is 0 Å². The zero-order chi connectivity index (χ0) is 12.5. The van der Waals surface area contributed by atoms with Crippen LogP contribution in [0.3, 0.4) is 0 Å². The molecule has 0 radical (unpaired) electrons. The third-order valence-electron chi connectivity index (χ3n) is 3.47. The maximum atomic E-state index is 11.6. The zero-order valence-electron chi connectivity index (χ0n) is 10.7. The highest BCUT2D eigenvalue weighted by Gasteiger charge is 2.24. The fourth-order valence-corrected chi connectivity index (χ4v) is 2.05. The van der Waals surface area contributed by atoms with Crippen molar-refractivity contribution in [3.05, 3.63) is 48.0 Å². The second-order valence-corrected chi connectivity index (χ2v) is 5.26. The maximum absolute atomic E-state index is 11.6. The van der Waals surface area contributed by atoms with Crippen LogP contribution in [-0.4, -0.2) is 5.78 Å². The SMILES string of the molecule is CC(=O)C(C)(C)Cc1cccc2ccccc12. The Bertz CT molecular complexity index is 547. The molecule has 2 aromatic carbocycles. The van der Waals surface area contributed by atoms with Crippen molar-refractivity contribution in [2.45, 2.75) is 27.2 Å². The summed E-state index contributed by atoms with van der Waals surface area (Å²) in [6.45, 7) is 5.69. The summed E-state index contributed by atoms with van der Waals surface area (Å²) in [5.41, 5.74) is 0.965. The Morgan fingerprint density at radius 3 is 2.41 bits per heavy atom. The zero-order valence-corrected chi connectivity index (χ0v) is 10.7. The van der Waals surface area contributed by atoms with Gasteiger partial charge in [0.15, 0.2) is 0 Å². The summed E-state index contributed by atoms with van der Waals surface area (Å²) < 4.78 is 0. The van der Waals surface area contributed by atoms with E-state index in [9.17, 15) is 4.79 Å². The second-order valence-electron chi connectivity index (χ2n) is 5.26. The molecule has 0 atom stereocenters. The van der Waals surface area contributed by atoms with Gasteiger partial charge in [0.25, 0.3) is 0 Å². The van der Waals surface area contributed by atoms with Gasteiger partial charge < -0.3 is 0 Å². The number of rotatable bonds is 3. The smallest absolute Gasteiger partial charge is 0.135 e. The average molecular weight is 226 g/mol. The van der Waals surface area contributed by atoms with Gasteiger partial charge in [-0.05, 0) is 29.7 Å². The van der Waals surface area contributed by atoms with Crippen LogP contribution in [0.15, 0.2) is 42.5 Å². The summed E-state index contributed by atoms with van der Waals surface area (Å²) in [5.74, 6) is 0.241. The predicted molar refractivity (Wildman–Crippen MR) is 72.1 cm³/mol. The van der Waals surface area contributed by atoms with Gasteiger partial charge in [0, 0.05) is 5.41 Å². The van der Waals surface area contributed by atoms with Gasteiger partial charge in [0.1, 0.15) is 5.78 Å². The molecule has 0 bridgehead atoms. The molecular formula is C16H18O. The molecular weight excluding hydrogens is 208 g/mol. The van der Waals surface area contributed by atoms with Gasteiger partial charge in [0.05, 0.1) is 0 Å². The van der Waals surface area contributed by atoms with Crippen LogP contribution in [0.2, 0.25) is 0 Å². The van der Waals surface area contributed by atoms with Gasteiger partial charge >= 0.3 is 0 Å². The Labute approximate surface area is 102 Å². The number of carbonyl (C=O) groups is 1. The lowest BCUT2D eigenvalue weighted by Gasteiger charge is -2.22. The standard InChI is InChI=1S/C16H18O/c1-12(17)16(2,3)11-14-9-6-8-13-7-4-5-10-15(13)14/h4-10H,11H2,1-3H3. The first-order valence-electron chi connectivity index (χ1n) is 5.98. The van der Waals surface area contributed by atoms with Crippen LogP contribution in [0, 0.1) is 5.41 Å². The molecule has 0 saturated heterocycles. The van der Waals surface area contributed by atoms with Crippen molar-refractivity contribution in [2.24, 2.45) is 5.41 Å². The van der Waals surface area contributed by atoms with E-state index in [1.54, 1.807) is 6.92 Å². The lowest BCUT2D eigenvalue weighted by Crippen LogP contribution is -2.24. The number of benzene rings is 2. The molecule has 0 amide bonds. The van der Waals surface area contributed by atoms with Crippen molar-refractivity contribution in [3.8, 4) is 0 Å². The van der Waals surface area contributed by atoms with E-state index in [0.29, 0.717) is 0 Å². The van der Waals surface area contributed by atoms with Crippen molar-refractivity contribution in [3.63, 3.8) is 0 Å². The number of Topliss-reactive ketones (excluding diaryl/α,β-unsaturated/α-hetero) is 1. The van der Waals surface area contributed by atoms with Crippen molar-refractivity contribution in [1.82, 2.24) is 0 Å². The molecule has 17 heavy (non-hydrogen) atoms. The molecule has 1 nitrogen and oxygen atoms in total. The number of hydrogen-bond acceptors (Lipinski definition) is 1. The minimum absolute atomic E-state index is 0.241. The molecule has 0 aliphatic rings. The van der Waals surface area contributed by atoms with Gasteiger partial charge in [-0.3, -0.25) is 4.79 Å². The van der Waals surface area contributed by atoms with Gasteiger partial charge in [-0.2, -0.15) is 0 Å². The molecule has 2 aromatic rings. The van der Waals surface area contributed by atoms with E-state index >= 15 is 0 Å². The first-order valence-corrected chi connectivity index (χ1v) is 5.98. The molecule has 0 spiro atoms. The summed E-state index contributed by atoms with van der Waals surface area (Å²) >= 11 is 0. The monoisotopic (exact) mass is 226 g/mol. The van der Waals surface area contributed by atoms with Crippen LogP contribution in [0.25, 0.3) is 10.8 Å². The quantitative estimate of drug-likeness (QED) is 0.773. The highest BCUT2D eigenvalue weighted by molar-refractivity contribution is 5.87. The third kappa shape index (κ3) is 2.38. The van der Waals surface area contributed by atoms with Crippen molar-refractivity contribution >= 4 is 16.6 Å². The van der Waals surface area contributed by atoms with Crippen LogP contribution in [0.4, 0.5) is 0 Å². The molecule has 0 heterocycles. The summed E-state index contributed by atoms with van der Waals surface area (Å²) in [4.78, 5) is 11.6. The van der Waals surface area contributed by atoms with E-state index in [0.717, 1.165) is 6.42 Å². The minimum Gasteiger partial charge on any atom is -0.299 e. The normalized spacial score (nSPS) is 11.7. The fourth-order valence-electron chi connectivity index (χ4n) is 2.05. The summed E-state index contributed by atoms with van der Waals surface area (Å²) in [5, 5.41) is 2.49. The van der Waals surface area contributed by atoms with Crippen LogP contribution in [0.5, 0.6) is 0 Å². The number of carbonyl (C=O) groups excluding carboxylic acids is 1. The highest BCUT2D eigenvalue weighted by Crippen LogP contribution is 2.27. The van der Waals surface area contributed by atoms with Crippen molar-refractivity contribution < 1.29 is 4.79 Å². The molecule has 2 rings (SSSR count). The summed E-state index contributed by atoms with van der Waals surface area (Å²) in [7, 11) is 0. The Balaban J connectivity index is 2.46. The van der Waals surface area contributed by atoms with Gasteiger partial charge in [-0.1, -0.05) is 56.3 Å².